The van der Waals surface area contributed by atoms with Gasteiger partial charge in [0, 0.05) is 12.3 Å². The van der Waals surface area contributed by atoms with Crippen LogP contribution in [0.2, 0.25) is 5.02 Å². The third kappa shape index (κ3) is 1.91. The van der Waals surface area contributed by atoms with Crippen LogP contribution in [-0.2, 0) is 4.74 Å². The van der Waals surface area contributed by atoms with Gasteiger partial charge in [0.25, 0.3) is 0 Å². The molecule has 0 aliphatic rings. The average molecular weight is 332 g/mol. The van der Waals surface area contributed by atoms with E-state index in [4.69, 9.17) is 16.3 Å². The highest BCUT2D eigenvalue weighted by molar-refractivity contribution is 9.10. The molecule has 0 amide bonds. The molecule has 0 radical (unpaired) electrons. The number of hydrogen-bond acceptors (Lipinski definition) is 4. The molecule has 0 spiro atoms. The third-order valence-electron chi connectivity index (χ3n) is 2.46. The molecule has 2 rings (SSSR count). The number of carbonyl (C=O) groups excluding carboxylic acids is 2. The summed E-state index contributed by atoms with van der Waals surface area (Å²) in [6, 6.07) is 1.57. The minimum atomic E-state index is -0.544. The van der Waals surface area contributed by atoms with Crippen LogP contribution in [0.15, 0.2) is 16.7 Å². The van der Waals surface area contributed by atoms with Gasteiger partial charge in [-0.2, -0.15) is 5.10 Å². The number of esters is 1. The van der Waals surface area contributed by atoms with E-state index in [0.29, 0.717) is 20.4 Å². The normalized spacial score (nSPS) is 10.7. The van der Waals surface area contributed by atoms with Crippen molar-refractivity contribution >= 4 is 50.3 Å². The summed E-state index contributed by atoms with van der Waals surface area (Å²) in [4.78, 5) is 23.1. The number of benzene rings is 1. The maximum absolute atomic E-state index is 11.7. The van der Waals surface area contributed by atoms with Gasteiger partial charge in [-0.3, -0.25) is 4.79 Å². The van der Waals surface area contributed by atoms with Gasteiger partial charge in [0.05, 0.1) is 33.9 Å². The van der Waals surface area contributed by atoms with E-state index in [1.165, 1.54) is 24.9 Å². The summed E-state index contributed by atoms with van der Waals surface area (Å²) < 4.78 is 6.30. The van der Waals surface area contributed by atoms with E-state index in [2.05, 4.69) is 21.0 Å². The number of hydrogen-bond donors (Lipinski definition) is 0. The molecular formula is C11H8BrClN2O3. The van der Waals surface area contributed by atoms with E-state index in [-0.39, 0.29) is 11.5 Å². The van der Waals surface area contributed by atoms with Gasteiger partial charge < -0.3 is 4.74 Å². The summed E-state index contributed by atoms with van der Waals surface area (Å²) >= 11 is 9.25. The van der Waals surface area contributed by atoms with Gasteiger partial charge in [-0.15, -0.1) is 0 Å². The lowest BCUT2D eigenvalue weighted by molar-refractivity contribution is 0.0601. The van der Waals surface area contributed by atoms with Crippen LogP contribution >= 0.6 is 27.5 Å². The second-order valence-corrected chi connectivity index (χ2v) is 4.75. The number of rotatable bonds is 1. The molecule has 0 aliphatic carbocycles. The smallest absolute Gasteiger partial charge is 0.339 e. The summed E-state index contributed by atoms with van der Waals surface area (Å²) in [6.45, 7) is 1.38. The van der Waals surface area contributed by atoms with Crippen LogP contribution in [0, 0.1) is 0 Å². The maximum atomic E-state index is 11.7. The Morgan fingerprint density at radius 3 is 2.72 bits per heavy atom. The molecule has 0 unspecified atom stereocenters. The molecule has 18 heavy (non-hydrogen) atoms. The zero-order valence-electron chi connectivity index (χ0n) is 9.53. The number of methoxy groups -OCH3 is 1. The Morgan fingerprint density at radius 2 is 2.17 bits per heavy atom. The van der Waals surface area contributed by atoms with Crippen molar-refractivity contribution in [2.24, 2.45) is 0 Å². The number of ether oxygens (including phenoxy) is 1. The molecule has 0 atom stereocenters. The van der Waals surface area contributed by atoms with Crippen molar-refractivity contribution in [2.45, 2.75) is 6.92 Å². The highest BCUT2D eigenvalue weighted by Gasteiger charge is 2.21. The first kappa shape index (κ1) is 13.0. The first-order valence-corrected chi connectivity index (χ1v) is 6.09. The van der Waals surface area contributed by atoms with Crippen molar-refractivity contribution in [3.63, 3.8) is 0 Å². The number of aromatic nitrogens is 2. The van der Waals surface area contributed by atoms with Crippen molar-refractivity contribution in [1.82, 2.24) is 9.78 Å². The van der Waals surface area contributed by atoms with E-state index in [1.54, 1.807) is 6.07 Å². The summed E-state index contributed by atoms with van der Waals surface area (Å²) in [6.07, 6.45) is 1.43. The van der Waals surface area contributed by atoms with Gasteiger partial charge in [0.2, 0.25) is 5.91 Å². The van der Waals surface area contributed by atoms with Crippen molar-refractivity contribution < 1.29 is 14.3 Å². The zero-order chi connectivity index (χ0) is 13.4. The molecule has 5 nitrogen and oxygen atoms in total. The molecule has 0 saturated heterocycles. The van der Waals surface area contributed by atoms with Crippen LogP contribution in [0.4, 0.5) is 0 Å². The predicted octanol–water partition coefficient (Wildman–Crippen LogP) is 2.90. The van der Waals surface area contributed by atoms with Crippen LogP contribution in [-0.4, -0.2) is 28.8 Å². The fourth-order valence-corrected chi connectivity index (χ4v) is 2.35. The fourth-order valence-electron chi connectivity index (χ4n) is 1.66. The molecule has 0 saturated carbocycles. The van der Waals surface area contributed by atoms with Crippen LogP contribution in [0.1, 0.15) is 22.1 Å². The van der Waals surface area contributed by atoms with Crippen molar-refractivity contribution in [3.8, 4) is 0 Å². The number of nitrogens with zero attached hydrogens (tertiary/aromatic N) is 2. The lowest BCUT2D eigenvalue weighted by atomic mass is 10.1. The van der Waals surface area contributed by atoms with Crippen LogP contribution < -0.4 is 0 Å². The molecule has 0 aliphatic heterocycles. The molecule has 94 valence electrons. The second kappa shape index (κ2) is 4.70. The Balaban J connectivity index is 2.88. The Bertz CT molecular complexity index is 666. The molecule has 1 aromatic carbocycles. The SMILES string of the molecule is COC(=O)c1c(Br)c(Cl)cc2c1cnn2C(C)=O. The summed E-state index contributed by atoms with van der Waals surface area (Å²) in [5.74, 6) is -0.809. The van der Waals surface area contributed by atoms with Gasteiger partial charge in [-0.25, -0.2) is 9.48 Å². The van der Waals surface area contributed by atoms with E-state index in [0.717, 1.165) is 0 Å². The summed E-state index contributed by atoms with van der Waals surface area (Å²) in [7, 11) is 1.27. The highest BCUT2D eigenvalue weighted by Crippen LogP contribution is 2.33. The Morgan fingerprint density at radius 1 is 1.50 bits per heavy atom. The standard InChI is InChI=1S/C11H8BrClN2O3/c1-5(16)15-8-3-7(13)10(12)9(11(17)18-2)6(8)4-14-15/h3-4H,1-2H3. The molecule has 0 fully saturated rings. The quantitative estimate of drug-likeness (QED) is 0.754. The second-order valence-electron chi connectivity index (χ2n) is 3.55. The lowest BCUT2D eigenvalue weighted by Gasteiger charge is -2.06. The van der Waals surface area contributed by atoms with E-state index in [1.807, 2.05) is 0 Å². The van der Waals surface area contributed by atoms with Crippen LogP contribution in [0.3, 0.4) is 0 Å². The molecule has 1 aromatic heterocycles. The van der Waals surface area contributed by atoms with Crippen molar-refractivity contribution in [2.75, 3.05) is 7.11 Å². The van der Waals surface area contributed by atoms with Gasteiger partial charge in [-0.05, 0) is 22.0 Å². The Labute approximate surface area is 116 Å². The fraction of sp³-hybridized carbons (Fsp3) is 0.182. The van der Waals surface area contributed by atoms with Gasteiger partial charge in [0.15, 0.2) is 0 Å². The van der Waals surface area contributed by atoms with Crippen molar-refractivity contribution in [1.29, 1.82) is 0 Å². The minimum Gasteiger partial charge on any atom is -0.465 e. The monoisotopic (exact) mass is 330 g/mol. The largest absolute Gasteiger partial charge is 0.465 e. The topological polar surface area (TPSA) is 61.2 Å². The first-order chi connectivity index (χ1) is 8.47. The van der Waals surface area contributed by atoms with Crippen LogP contribution in [0.25, 0.3) is 10.9 Å². The molecule has 0 N–H and O–H groups in total. The molecular weight excluding hydrogens is 323 g/mol. The Hall–Kier alpha value is -1.40. The Kier molecular flexibility index (Phi) is 3.41. The van der Waals surface area contributed by atoms with E-state index >= 15 is 0 Å². The summed E-state index contributed by atoms with van der Waals surface area (Å²) in [5.41, 5.74) is 0.726. The van der Waals surface area contributed by atoms with Gasteiger partial charge in [-0.1, -0.05) is 11.6 Å². The van der Waals surface area contributed by atoms with Gasteiger partial charge in [0.1, 0.15) is 0 Å². The number of halogens is 2. The van der Waals surface area contributed by atoms with E-state index < -0.39 is 5.97 Å². The zero-order valence-corrected chi connectivity index (χ0v) is 11.9. The number of carbonyl (C=O) groups is 2. The molecule has 0 bridgehead atoms. The predicted molar refractivity (Wildman–Crippen MR) is 70.1 cm³/mol. The van der Waals surface area contributed by atoms with Crippen LogP contribution in [0.5, 0.6) is 0 Å². The first-order valence-electron chi connectivity index (χ1n) is 4.92. The highest BCUT2D eigenvalue weighted by atomic mass is 79.9. The van der Waals surface area contributed by atoms with Gasteiger partial charge >= 0.3 is 5.97 Å². The lowest BCUT2D eigenvalue weighted by Crippen LogP contribution is -2.08. The average Bonchev–Trinajstić information content (AvgIpc) is 2.73. The molecule has 1 heterocycles. The molecule has 7 heteroatoms. The van der Waals surface area contributed by atoms with E-state index in [9.17, 15) is 9.59 Å². The molecule has 2 aromatic rings. The maximum Gasteiger partial charge on any atom is 0.339 e. The number of fused-ring (bicyclic) bond motifs is 1. The minimum absolute atomic E-state index is 0.257. The summed E-state index contributed by atoms with van der Waals surface area (Å²) in [5, 5.41) is 4.75. The van der Waals surface area contributed by atoms with Crippen molar-refractivity contribution in [3.05, 3.63) is 27.3 Å². The third-order valence-corrected chi connectivity index (χ3v) is 3.81.